The van der Waals surface area contributed by atoms with Gasteiger partial charge in [-0.25, -0.2) is 0 Å². The molecule has 0 spiro atoms. The minimum atomic E-state index is -4.30. The molecule has 0 radical (unpaired) electrons. The molecule has 3 aliphatic rings. The van der Waals surface area contributed by atoms with Gasteiger partial charge in [-0.1, -0.05) is 0 Å². The predicted octanol–water partition coefficient (Wildman–Crippen LogP) is 0.969. The van der Waals surface area contributed by atoms with E-state index < -0.39 is 70.6 Å². The number of rotatable bonds is 6. The lowest BCUT2D eigenvalue weighted by atomic mass is 9.77. The van der Waals surface area contributed by atoms with Crippen LogP contribution < -0.4 is 5.32 Å². The van der Waals surface area contributed by atoms with E-state index in [1.165, 1.54) is 0 Å². The van der Waals surface area contributed by atoms with Gasteiger partial charge in [-0.2, -0.15) is 8.42 Å². The van der Waals surface area contributed by atoms with Crippen molar-refractivity contribution in [3.8, 4) is 0 Å². The fraction of sp³-hybridized carbons (Fsp3) is 0.471. The topological polar surface area (TPSA) is 145 Å². The summed E-state index contributed by atoms with van der Waals surface area (Å²) in [5.74, 6) is -4.53. The summed E-state index contributed by atoms with van der Waals surface area (Å²) in [5.41, 5.74) is 0.452. The molecule has 4 rings (SSSR count). The Morgan fingerprint density at radius 1 is 1.16 bits per heavy atom. The number of halogens is 3. The van der Waals surface area contributed by atoms with Crippen molar-refractivity contribution in [1.29, 1.82) is 0 Å². The zero-order chi connectivity index (χ0) is 22.7. The number of benzene rings is 1. The second-order valence-electron chi connectivity index (χ2n) is 7.22. The first-order valence-electron chi connectivity index (χ1n) is 8.91. The van der Waals surface area contributed by atoms with Crippen LogP contribution in [0, 0.1) is 22.5 Å². The molecule has 10 nitrogen and oxygen atoms in total. The van der Waals surface area contributed by atoms with Crippen molar-refractivity contribution in [2.45, 2.75) is 24.4 Å². The summed E-state index contributed by atoms with van der Waals surface area (Å²) in [5, 5.41) is 2.84. The maximum atomic E-state index is 13.0. The number of esters is 2. The number of hydrogen-bond donors (Lipinski definition) is 2. The Hall–Kier alpha value is -0.310. The first-order chi connectivity index (χ1) is 14.5. The second kappa shape index (κ2) is 8.80. The highest BCUT2D eigenvalue weighted by Gasteiger charge is 2.71. The van der Waals surface area contributed by atoms with E-state index in [1.54, 1.807) is 6.07 Å². The molecule has 1 amide bonds. The Bertz CT molecular complexity index is 1080. The van der Waals surface area contributed by atoms with Crippen LogP contribution in [0.3, 0.4) is 0 Å². The molecule has 31 heavy (non-hydrogen) atoms. The van der Waals surface area contributed by atoms with Crippen LogP contribution in [0.1, 0.15) is 10.4 Å². The average Bonchev–Trinajstić information content (AvgIpc) is 3.27. The van der Waals surface area contributed by atoms with Crippen LogP contribution in [0.2, 0.25) is 0 Å². The van der Waals surface area contributed by atoms with E-state index >= 15 is 0 Å². The average molecular weight is 789 g/mol. The number of nitrogens with one attached hydrogen (secondary N) is 1. The number of carbonyl (C=O) groups is 3. The van der Waals surface area contributed by atoms with Crippen molar-refractivity contribution in [3.05, 3.63) is 28.4 Å². The Labute approximate surface area is 217 Å². The summed E-state index contributed by atoms with van der Waals surface area (Å²) in [7, 11) is -4.30. The van der Waals surface area contributed by atoms with Crippen molar-refractivity contribution >= 4 is 95.7 Å². The van der Waals surface area contributed by atoms with E-state index in [0.717, 1.165) is 10.7 Å². The Balaban J connectivity index is 1.53. The van der Waals surface area contributed by atoms with Crippen LogP contribution in [0.25, 0.3) is 0 Å². The van der Waals surface area contributed by atoms with E-state index in [-0.39, 0.29) is 5.91 Å². The third-order valence-electron chi connectivity index (χ3n) is 5.36. The molecule has 0 aromatic heterocycles. The molecule has 0 aliphatic carbocycles. The fourth-order valence-corrected chi connectivity index (χ4v) is 6.81. The van der Waals surface area contributed by atoms with E-state index in [9.17, 15) is 22.8 Å². The molecule has 3 fully saturated rings. The SMILES string of the molecule is O=C(NC1C2OC(=O)C3C2OC1C3C(=O)OCCS(=O)(=O)O)c1cc(I)cc(I)c1I. The molecule has 2 N–H and O–H groups in total. The van der Waals surface area contributed by atoms with Gasteiger partial charge in [0.2, 0.25) is 0 Å². The molecule has 14 heteroatoms. The van der Waals surface area contributed by atoms with E-state index in [2.05, 4.69) is 73.1 Å². The summed E-state index contributed by atoms with van der Waals surface area (Å²) in [6, 6.07) is 2.91. The minimum Gasteiger partial charge on any atom is -0.464 e. The largest absolute Gasteiger partial charge is 0.464 e. The van der Waals surface area contributed by atoms with Crippen LogP contribution in [0.4, 0.5) is 0 Å². The number of hydrogen-bond acceptors (Lipinski definition) is 8. The summed E-state index contributed by atoms with van der Waals surface area (Å²) in [6.07, 6.45) is -2.27. The van der Waals surface area contributed by atoms with Crippen molar-refractivity contribution in [2.24, 2.45) is 11.8 Å². The highest BCUT2D eigenvalue weighted by atomic mass is 127. The molecule has 3 heterocycles. The molecule has 0 saturated carbocycles. The van der Waals surface area contributed by atoms with Crippen LogP contribution in [0.5, 0.6) is 0 Å². The van der Waals surface area contributed by atoms with E-state index in [1.807, 2.05) is 6.07 Å². The van der Waals surface area contributed by atoms with Gasteiger partial charge >= 0.3 is 11.9 Å². The zero-order valence-corrected chi connectivity index (χ0v) is 22.6. The summed E-state index contributed by atoms with van der Waals surface area (Å²) >= 11 is 6.32. The first-order valence-corrected chi connectivity index (χ1v) is 13.8. The lowest BCUT2D eigenvalue weighted by Crippen LogP contribution is -2.54. The van der Waals surface area contributed by atoms with Crippen LogP contribution in [-0.2, 0) is 33.9 Å². The van der Waals surface area contributed by atoms with Gasteiger partial charge in [-0.05, 0) is 79.9 Å². The van der Waals surface area contributed by atoms with Crippen molar-refractivity contribution in [2.75, 3.05) is 12.4 Å². The van der Waals surface area contributed by atoms with Gasteiger partial charge in [0, 0.05) is 10.7 Å². The monoisotopic (exact) mass is 789 g/mol. The van der Waals surface area contributed by atoms with Gasteiger partial charge in [0.05, 0.1) is 17.7 Å². The van der Waals surface area contributed by atoms with Gasteiger partial charge in [-0.15, -0.1) is 0 Å². The summed E-state index contributed by atoms with van der Waals surface area (Å²) in [4.78, 5) is 37.9. The fourth-order valence-electron chi connectivity index (χ4n) is 4.11. The zero-order valence-electron chi connectivity index (χ0n) is 15.3. The highest BCUT2D eigenvalue weighted by molar-refractivity contribution is 14.1. The molecule has 3 aliphatic heterocycles. The van der Waals surface area contributed by atoms with Crippen molar-refractivity contribution in [3.63, 3.8) is 0 Å². The maximum absolute atomic E-state index is 13.0. The maximum Gasteiger partial charge on any atom is 0.313 e. The molecule has 1 aromatic carbocycles. The Morgan fingerprint density at radius 3 is 2.55 bits per heavy atom. The highest BCUT2D eigenvalue weighted by Crippen LogP contribution is 2.50. The molecule has 6 atom stereocenters. The Morgan fingerprint density at radius 2 is 1.87 bits per heavy atom. The van der Waals surface area contributed by atoms with Crippen LogP contribution >= 0.6 is 67.8 Å². The van der Waals surface area contributed by atoms with Gasteiger partial charge in [0.25, 0.3) is 16.0 Å². The van der Waals surface area contributed by atoms with Crippen LogP contribution in [-0.4, -0.2) is 67.5 Å². The smallest absolute Gasteiger partial charge is 0.313 e. The van der Waals surface area contributed by atoms with Gasteiger partial charge < -0.3 is 19.5 Å². The van der Waals surface area contributed by atoms with Crippen molar-refractivity contribution < 1.29 is 41.6 Å². The lowest BCUT2D eigenvalue weighted by Gasteiger charge is -2.28. The first kappa shape index (κ1) is 23.8. The second-order valence-corrected chi connectivity index (χ2v) is 12.3. The molecular weight excluding hydrogens is 775 g/mol. The lowest BCUT2D eigenvalue weighted by molar-refractivity contribution is -0.155. The van der Waals surface area contributed by atoms with Gasteiger partial charge in [-0.3, -0.25) is 18.9 Å². The molecular formula is C17H14I3NO9S. The molecule has 2 bridgehead atoms. The third kappa shape index (κ3) is 4.56. The molecule has 1 aromatic rings. The predicted molar refractivity (Wildman–Crippen MR) is 129 cm³/mol. The number of fused-ring (bicyclic) bond motifs is 1. The summed E-state index contributed by atoms with van der Waals surface area (Å²) in [6.45, 7) is -0.563. The summed E-state index contributed by atoms with van der Waals surface area (Å²) < 4.78 is 49.2. The van der Waals surface area contributed by atoms with E-state index in [0.29, 0.717) is 5.56 Å². The van der Waals surface area contributed by atoms with Gasteiger partial charge in [0.1, 0.15) is 30.3 Å². The van der Waals surface area contributed by atoms with Crippen LogP contribution in [0.15, 0.2) is 12.1 Å². The van der Waals surface area contributed by atoms with Gasteiger partial charge in [0.15, 0.2) is 6.10 Å². The van der Waals surface area contributed by atoms with Crippen molar-refractivity contribution in [1.82, 2.24) is 5.32 Å². The normalized spacial score (nSPS) is 30.9. The molecule has 6 unspecified atom stereocenters. The number of carbonyl (C=O) groups excluding carboxylic acids is 3. The van der Waals surface area contributed by atoms with E-state index in [4.69, 9.17) is 18.8 Å². The number of amides is 1. The minimum absolute atomic E-state index is 0.389. The molecule has 168 valence electrons. The molecule has 3 saturated heterocycles. The quantitative estimate of drug-likeness (QED) is 0.187. The third-order valence-corrected chi connectivity index (χ3v) is 9.71. The number of ether oxygens (including phenoxy) is 3. The standard InChI is InChI=1S/C17H14I3NO9S/c18-5-3-6(10(20)7(19)4-5)15(22)21-11-12-8(16(23)28-1-2-31(25,26)27)9-13(29-12)14(11)30-17(9)24/h3-4,8-9,11-14H,1-2H2,(H,21,22)(H,25,26,27). The Kier molecular flexibility index (Phi) is 6.77.